The van der Waals surface area contributed by atoms with E-state index >= 15 is 0 Å². The fraction of sp³-hybridized carbons (Fsp3) is 0.393. The van der Waals surface area contributed by atoms with Gasteiger partial charge in [0, 0.05) is 17.5 Å². The number of nitrogens with zero attached hydrogens (tertiary/aromatic N) is 3. The number of hydrogen-bond acceptors (Lipinski definition) is 5. The first kappa shape index (κ1) is 23.7. The van der Waals surface area contributed by atoms with E-state index in [4.69, 9.17) is 19.4 Å². The number of carbonyl (C=O) groups is 1. The second-order valence-corrected chi connectivity index (χ2v) is 9.97. The normalized spacial score (nSPS) is 14.2. The molecule has 0 saturated carbocycles. The minimum Gasteiger partial charge on any atom is -0.496 e. The van der Waals surface area contributed by atoms with E-state index in [0.717, 1.165) is 56.8 Å². The molecule has 0 N–H and O–H groups in total. The molecular formula is C28H33N3O3. The molecule has 2 aromatic heterocycles. The second-order valence-electron chi connectivity index (χ2n) is 9.97. The maximum absolute atomic E-state index is 12.6. The molecule has 0 atom stereocenters. The van der Waals surface area contributed by atoms with Gasteiger partial charge in [-0.3, -0.25) is 0 Å². The summed E-state index contributed by atoms with van der Waals surface area (Å²) in [4.78, 5) is 24.2. The number of aromatic nitrogens is 2. The van der Waals surface area contributed by atoms with Crippen LogP contribution in [0.5, 0.6) is 5.75 Å². The largest absolute Gasteiger partial charge is 0.496 e. The minimum absolute atomic E-state index is 0.294. The van der Waals surface area contributed by atoms with Crippen LogP contribution < -0.4 is 4.74 Å². The Hall–Kier alpha value is -3.41. The Balaban J connectivity index is 1.71. The number of carbonyl (C=O) groups excluding carboxylic acids is 1. The number of benzene rings is 1. The van der Waals surface area contributed by atoms with Gasteiger partial charge < -0.3 is 14.4 Å². The van der Waals surface area contributed by atoms with Gasteiger partial charge in [-0.2, -0.15) is 0 Å². The molecule has 3 aromatic rings. The lowest BCUT2D eigenvalue weighted by atomic mass is 9.99. The van der Waals surface area contributed by atoms with E-state index in [1.807, 2.05) is 32.9 Å². The summed E-state index contributed by atoms with van der Waals surface area (Å²) >= 11 is 0. The smallest absolute Gasteiger partial charge is 0.410 e. The van der Waals surface area contributed by atoms with Gasteiger partial charge in [-0.1, -0.05) is 12.1 Å². The first-order valence-electron chi connectivity index (χ1n) is 11.7. The maximum Gasteiger partial charge on any atom is 0.410 e. The van der Waals surface area contributed by atoms with Crippen LogP contribution in [-0.4, -0.2) is 46.8 Å². The molecule has 6 nitrogen and oxygen atoms in total. The average Bonchev–Trinajstić information content (AvgIpc) is 2.77. The molecule has 0 radical (unpaired) electrons. The lowest BCUT2D eigenvalue weighted by Crippen LogP contribution is -2.39. The van der Waals surface area contributed by atoms with Crippen molar-refractivity contribution in [1.29, 1.82) is 0 Å². The molecule has 0 spiro atoms. The summed E-state index contributed by atoms with van der Waals surface area (Å²) in [5, 5.41) is 1.01. The van der Waals surface area contributed by atoms with E-state index in [0.29, 0.717) is 18.7 Å². The molecular weight excluding hydrogens is 426 g/mol. The number of amides is 1. The molecule has 4 rings (SSSR count). The van der Waals surface area contributed by atoms with Crippen LogP contribution in [0.25, 0.3) is 27.9 Å². The molecule has 6 heteroatoms. The van der Waals surface area contributed by atoms with Gasteiger partial charge in [0.2, 0.25) is 0 Å². The molecule has 1 aromatic carbocycles. The number of aryl methyl sites for hydroxylation is 3. The second kappa shape index (κ2) is 9.09. The van der Waals surface area contributed by atoms with Gasteiger partial charge in [0.1, 0.15) is 11.4 Å². The minimum atomic E-state index is -0.522. The first-order valence-corrected chi connectivity index (χ1v) is 11.7. The molecule has 0 unspecified atom stereocenters. The molecule has 34 heavy (non-hydrogen) atoms. The molecule has 0 bridgehead atoms. The SMILES string of the molecule is COc1cc(C)cc(C)c1-c1ccc2c(C)cc(C3=CCCN(C(=O)OC(C)(C)C)C3)nc2n1. The Bertz CT molecular complexity index is 1290. The number of methoxy groups -OCH3 is 1. The third kappa shape index (κ3) is 4.91. The van der Waals surface area contributed by atoms with Gasteiger partial charge in [0.25, 0.3) is 0 Å². The number of fused-ring (bicyclic) bond motifs is 1. The maximum atomic E-state index is 12.6. The van der Waals surface area contributed by atoms with Crippen molar-refractivity contribution in [3.05, 3.63) is 58.8 Å². The van der Waals surface area contributed by atoms with Crippen LogP contribution in [0.2, 0.25) is 0 Å². The van der Waals surface area contributed by atoms with E-state index < -0.39 is 5.60 Å². The predicted octanol–water partition coefficient (Wildman–Crippen LogP) is 6.25. The molecule has 1 amide bonds. The van der Waals surface area contributed by atoms with Crippen molar-refractivity contribution < 1.29 is 14.3 Å². The standard InChI is InChI=1S/C28H33N3O3/c1-17-13-19(3)25(24(14-17)33-7)22-11-10-21-18(2)15-23(30-26(21)29-22)20-9-8-12-31(16-20)27(32)34-28(4,5)6/h9-11,13-15H,8,12,16H2,1-7H3. The molecule has 3 heterocycles. The summed E-state index contributed by atoms with van der Waals surface area (Å²) < 4.78 is 11.2. The van der Waals surface area contributed by atoms with E-state index in [-0.39, 0.29) is 6.09 Å². The van der Waals surface area contributed by atoms with Crippen molar-refractivity contribution in [3.63, 3.8) is 0 Å². The lowest BCUT2D eigenvalue weighted by Gasteiger charge is -2.30. The Morgan fingerprint density at radius 2 is 1.74 bits per heavy atom. The summed E-state index contributed by atoms with van der Waals surface area (Å²) in [7, 11) is 1.69. The lowest BCUT2D eigenvalue weighted by molar-refractivity contribution is 0.0273. The monoisotopic (exact) mass is 459 g/mol. The van der Waals surface area contributed by atoms with Crippen LogP contribution in [0.1, 0.15) is 49.6 Å². The predicted molar refractivity (Wildman–Crippen MR) is 136 cm³/mol. The van der Waals surface area contributed by atoms with E-state index in [1.165, 1.54) is 0 Å². The third-order valence-electron chi connectivity index (χ3n) is 5.93. The van der Waals surface area contributed by atoms with E-state index in [9.17, 15) is 4.79 Å². The van der Waals surface area contributed by atoms with E-state index in [1.54, 1.807) is 12.0 Å². The fourth-order valence-electron chi connectivity index (χ4n) is 4.40. The van der Waals surface area contributed by atoms with Crippen molar-refractivity contribution in [1.82, 2.24) is 14.9 Å². The first-order chi connectivity index (χ1) is 16.1. The van der Waals surface area contributed by atoms with Crippen LogP contribution in [0.15, 0.2) is 36.4 Å². The van der Waals surface area contributed by atoms with Crippen molar-refractivity contribution >= 4 is 22.7 Å². The molecule has 0 fully saturated rings. The van der Waals surface area contributed by atoms with Crippen LogP contribution in [0.3, 0.4) is 0 Å². The number of ether oxygens (including phenoxy) is 2. The summed E-state index contributed by atoms with van der Waals surface area (Å²) in [6.07, 6.45) is 2.63. The van der Waals surface area contributed by atoms with Crippen LogP contribution in [0.4, 0.5) is 4.79 Å². The summed E-state index contributed by atoms with van der Waals surface area (Å²) in [5.41, 5.74) is 7.19. The van der Waals surface area contributed by atoms with Crippen LogP contribution in [0, 0.1) is 20.8 Å². The third-order valence-corrected chi connectivity index (χ3v) is 5.93. The highest BCUT2D eigenvalue weighted by Crippen LogP contribution is 2.34. The van der Waals surface area contributed by atoms with Crippen molar-refractivity contribution in [2.75, 3.05) is 20.2 Å². The topological polar surface area (TPSA) is 64.5 Å². The molecule has 1 aliphatic rings. The molecule has 178 valence electrons. The molecule has 0 aliphatic carbocycles. The number of pyridine rings is 2. The number of rotatable bonds is 3. The van der Waals surface area contributed by atoms with Crippen molar-refractivity contribution in [2.24, 2.45) is 0 Å². The summed E-state index contributed by atoms with van der Waals surface area (Å²) in [6.45, 7) is 13.0. The molecule has 0 saturated heterocycles. The number of hydrogen-bond donors (Lipinski definition) is 0. The zero-order valence-electron chi connectivity index (χ0n) is 21.2. The quantitative estimate of drug-likeness (QED) is 0.463. The zero-order valence-corrected chi connectivity index (χ0v) is 21.2. The van der Waals surface area contributed by atoms with E-state index in [2.05, 4.69) is 45.0 Å². The fourth-order valence-corrected chi connectivity index (χ4v) is 4.40. The highest BCUT2D eigenvalue weighted by Gasteiger charge is 2.25. The van der Waals surface area contributed by atoms with Gasteiger partial charge in [-0.05, 0) is 94.5 Å². The highest BCUT2D eigenvalue weighted by atomic mass is 16.6. The highest BCUT2D eigenvalue weighted by molar-refractivity contribution is 5.85. The summed E-state index contributed by atoms with van der Waals surface area (Å²) in [6, 6.07) is 10.3. The molecule has 1 aliphatic heterocycles. The Labute approximate surface area is 201 Å². The average molecular weight is 460 g/mol. The Kier molecular flexibility index (Phi) is 6.34. The zero-order chi connectivity index (χ0) is 24.6. The summed E-state index contributed by atoms with van der Waals surface area (Å²) in [5.74, 6) is 0.806. The van der Waals surface area contributed by atoms with Crippen LogP contribution >= 0.6 is 0 Å². The van der Waals surface area contributed by atoms with Gasteiger partial charge in [-0.15, -0.1) is 0 Å². The van der Waals surface area contributed by atoms with Gasteiger partial charge >= 0.3 is 6.09 Å². The van der Waals surface area contributed by atoms with Gasteiger partial charge in [0.05, 0.1) is 25.0 Å². The van der Waals surface area contributed by atoms with Crippen molar-refractivity contribution in [2.45, 2.75) is 53.6 Å². The van der Waals surface area contributed by atoms with Crippen LogP contribution in [-0.2, 0) is 4.74 Å². The Morgan fingerprint density at radius 1 is 1.00 bits per heavy atom. The van der Waals surface area contributed by atoms with Gasteiger partial charge in [-0.25, -0.2) is 14.8 Å². The van der Waals surface area contributed by atoms with Gasteiger partial charge in [0.15, 0.2) is 5.65 Å². The van der Waals surface area contributed by atoms with Crippen molar-refractivity contribution in [3.8, 4) is 17.0 Å². The Morgan fingerprint density at radius 3 is 2.44 bits per heavy atom.